The Morgan fingerprint density at radius 1 is 1.28 bits per heavy atom. The lowest BCUT2D eigenvalue weighted by Crippen LogP contribution is -2.22. The molecule has 0 aliphatic heterocycles. The summed E-state index contributed by atoms with van der Waals surface area (Å²) < 4.78 is 1.75. The molecule has 0 bridgehead atoms. The molecule has 0 aromatic carbocycles. The molecule has 0 unspecified atom stereocenters. The normalized spacial score (nSPS) is 11.8. The third-order valence-corrected chi connectivity index (χ3v) is 2.87. The molecule has 1 heterocycles. The Balaban J connectivity index is 2.88. The quantitative estimate of drug-likeness (QED) is 0.791. The number of hydrogen-bond acceptors (Lipinski definition) is 3. The zero-order valence-corrected chi connectivity index (χ0v) is 11.7. The van der Waals surface area contributed by atoms with E-state index in [4.69, 9.17) is 5.11 Å². The Hall–Kier alpha value is -1.39. The first kappa shape index (κ1) is 14.7. The Morgan fingerprint density at radius 3 is 2.44 bits per heavy atom. The van der Waals surface area contributed by atoms with Crippen LogP contribution >= 0.6 is 0 Å². The van der Waals surface area contributed by atoms with Gasteiger partial charge in [0.15, 0.2) is 5.69 Å². The van der Waals surface area contributed by atoms with E-state index in [1.807, 2.05) is 20.8 Å². The number of unbranched alkanes of at least 4 members (excludes halogenated alkanes) is 3. The molecule has 102 valence electrons. The summed E-state index contributed by atoms with van der Waals surface area (Å²) in [6.07, 6.45) is 4.54. The third-order valence-electron chi connectivity index (χ3n) is 2.87. The van der Waals surface area contributed by atoms with Crippen LogP contribution in [-0.2, 0) is 12.0 Å². The molecule has 1 rings (SSSR count). The van der Waals surface area contributed by atoms with E-state index in [1.165, 1.54) is 12.8 Å². The fourth-order valence-corrected chi connectivity index (χ4v) is 2.04. The van der Waals surface area contributed by atoms with Crippen molar-refractivity contribution in [1.29, 1.82) is 0 Å². The van der Waals surface area contributed by atoms with Gasteiger partial charge in [-0.3, -0.25) is 0 Å². The van der Waals surface area contributed by atoms with Gasteiger partial charge >= 0.3 is 5.97 Å². The summed E-state index contributed by atoms with van der Waals surface area (Å²) in [5.41, 5.74) is 0.534. The van der Waals surface area contributed by atoms with Gasteiger partial charge in [0.25, 0.3) is 0 Å². The van der Waals surface area contributed by atoms with Crippen LogP contribution in [0.4, 0.5) is 0 Å². The summed E-state index contributed by atoms with van der Waals surface area (Å²) >= 11 is 0. The summed E-state index contributed by atoms with van der Waals surface area (Å²) in [6, 6.07) is 0. The van der Waals surface area contributed by atoms with E-state index in [2.05, 4.69) is 17.2 Å². The zero-order valence-electron chi connectivity index (χ0n) is 11.7. The van der Waals surface area contributed by atoms with Gasteiger partial charge in [0.05, 0.1) is 5.69 Å². The minimum atomic E-state index is -1.00. The molecule has 1 N–H and O–H groups in total. The number of carboxylic acid groups (broad SMARTS) is 1. The largest absolute Gasteiger partial charge is 0.476 e. The van der Waals surface area contributed by atoms with Gasteiger partial charge in [-0.05, 0) is 6.42 Å². The number of nitrogens with zero attached hydrogens (tertiary/aromatic N) is 3. The molecule has 0 fully saturated rings. The Labute approximate surface area is 108 Å². The predicted octanol–water partition coefficient (Wildman–Crippen LogP) is 2.85. The SMILES string of the molecule is CCCCCCn1nnc(C(=O)O)c1C(C)(C)C. The summed E-state index contributed by atoms with van der Waals surface area (Å²) in [7, 11) is 0. The molecular formula is C13H23N3O2. The van der Waals surface area contributed by atoms with Crippen molar-refractivity contribution in [1.82, 2.24) is 15.0 Å². The molecule has 1 aromatic heterocycles. The average molecular weight is 253 g/mol. The van der Waals surface area contributed by atoms with Crippen molar-refractivity contribution in [3.8, 4) is 0 Å². The second-order valence-corrected chi connectivity index (χ2v) is 5.63. The van der Waals surface area contributed by atoms with Gasteiger partial charge < -0.3 is 5.11 Å². The Bertz CT molecular complexity index is 405. The van der Waals surface area contributed by atoms with Crippen LogP contribution in [-0.4, -0.2) is 26.1 Å². The van der Waals surface area contributed by atoms with Crippen LogP contribution in [0.2, 0.25) is 0 Å². The second kappa shape index (κ2) is 5.98. The molecule has 0 aliphatic carbocycles. The van der Waals surface area contributed by atoms with Crippen molar-refractivity contribution in [2.45, 2.75) is 65.3 Å². The molecule has 0 radical (unpaired) electrons. The summed E-state index contributed by atoms with van der Waals surface area (Å²) in [6.45, 7) is 8.87. The fourth-order valence-electron chi connectivity index (χ4n) is 2.04. The van der Waals surface area contributed by atoms with Crippen LogP contribution in [0, 0.1) is 0 Å². The highest BCUT2D eigenvalue weighted by atomic mass is 16.4. The van der Waals surface area contributed by atoms with Crippen LogP contribution in [0.1, 0.15) is 69.6 Å². The van der Waals surface area contributed by atoms with Crippen LogP contribution < -0.4 is 0 Å². The van der Waals surface area contributed by atoms with Crippen molar-refractivity contribution >= 4 is 5.97 Å². The summed E-state index contributed by atoms with van der Waals surface area (Å²) in [5.74, 6) is -1.00. The smallest absolute Gasteiger partial charge is 0.358 e. The molecule has 0 saturated heterocycles. The molecule has 1 aromatic rings. The number of carbonyl (C=O) groups is 1. The fraction of sp³-hybridized carbons (Fsp3) is 0.769. The lowest BCUT2D eigenvalue weighted by Gasteiger charge is -2.20. The number of aromatic nitrogens is 3. The molecule has 0 amide bonds. The topological polar surface area (TPSA) is 68.0 Å². The van der Waals surface area contributed by atoms with Gasteiger partial charge in [-0.2, -0.15) is 0 Å². The Morgan fingerprint density at radius 2 is 1.94 bits per heavy atom. The van der Waals surface area contributed by atoms with Crippen LogP contribution in [0.5, 0.6) is 0 Å². The highest BCUT2D eigenvalue weighted by molar-refractivity contribution is 5.86. The summed E-state index contributed by atoms with van der Waals surface area (Å²) in [4.78, 5) is 11.1. The lowest BCUT2D eigenvalue weighted by atomic mass is 9.90. The van der Waals surface area contributed by atoms with Gasteiger partial charge in [-0.15, -0.1) is 5.10 Å². The van der Waals surface area contributed by atoms with E-state index in [0.717, 1.165) is 19.4 Å². The highest BCUT2D eigenvalue weighted by Gasteiger charge is 2.28. The van der Waals surface area contributed by atoms with Gasteiger partial charge in [0, 0.05) is 12.0 Å². The third kappa shape index (κ3) is 3.55. The van der Waals surface area contributed by atoms with Gasteiger partial charge in [0.2, 0.25) is 0 Å². The number of aryl methyl sites for hydroxylation is 1. The molecule has 5 heteroatoms. The van der Waals surface area contributed by atoms with Gasteiger partial charge in [-0.25, -0.2) is 9.48 Å². The molecule has 0 aliphatic rings. The minimum Gasteiger partial charge on any atom is -0.476 e. The predicted molar refractivity (Wildman–Crippen MR) is 69.8 cm³/mol. The van der Waals surface area contributed by atoms with Gasteiger partial charge in [0.1, 0.15) is 0 Å². The van der Waals surface area contributed by atoms with E-state index in [1.54, 1.807) is 4.68 Å². The minimum absolute atomic E-state index is 0.0815. The number of carboxylic acids is 1. The Kier molecular flexibility index (Phi) is 4.87. The van der Waals surface area contributed by atoms with Gasteiger partial charge in [-0.1, -0.05) is 52.2 Å². The standard InChI is InChI=1S/C13H23N3O2/c1-5-6-7-8-9-16-11(13(2,3)4)10(12(17)18)14-15-16/h5-9H2,1-4H3,(H,17,18). The second-order valence-electron chi connectivity index (χ2n) is 5.63. The maximum absolute atomic E-state index is 11.1. The van der Waals surface area contributed by atoms with E-state index in [9.17, 15) is 4.79 Å². The van der Waals surface area contributed by atoms with Crippen molar-refractivity contribution in [2.75, 3.05) is 0 Å². The van der Waals surface area contributed by atoms with Crippen LogP contribution in [0.25, 0.3) is 0 Å². The lowest BCUT2D eigenvalue weighted by molar-refractivity contribution is 0.0687. The molecule has 0 saturated carbocycles. The molecule has 0 spiro atoms. The van der Waals surface area contributed by atoms with E-state index < -0.39 is 5.97 Å². The molecule has 0 atom stereocenters. The van der Waals surface area contributed by atoms with Crippen molar-refractivity contribution in [2.24, 2.45) is 0 Å². The first-order valence-corrected chi connectivity index (χ1v) is 6.55. The van der Waals surface area contributed by atoms with E-state index >= 15 is 0 Å². The maximum Gasteiger partial charge on any atom is 0.358 e. The first-order chi connectivity index (χ1) is 8.38. The van der Waals surface area contributed by atoms with E-state index in [-0.39, 0.29) is 11.1 Å². The molecule has 5 nitrogen and oxygen atoms in total. The monoisotopic (exact) mass is 253 g/mol. The van der Waals surface area contributed by atoms with E-state index in [0.29, 0.717) is 5.69 Å². The first-order valence-electron chi connectivity index (χ1n) is 6.55. The molecular weight excluding hydrogens is 230 g/mol. The van der Waals surface area contributed by atoms with Crippen molar-refractivity contribution in [3.05, 3.63) is 11.4 Å². The number of rotatable bonds is 6. The van der Waals surface area contributed by atoms with Crippen molar-refractivity contribution < 1.29 is 9.90 Å². The summed E-state index contributed by atoms with van der Waals surface area (Å²) in [5, 5.41) is 16.9. The molecule has 18 heavy (non-hydrogen) atoms. The maximum atomic E-state index is 11.1. The highest BCUT2D eigenvalue weighted by Crippen LogP contribution is 2.25. The van der Waals surface area contributed by atoms with Crippen LogP contribution in [0.3, 0.4) is 0 Å². The van der Waals surface area contributed by atoms with Crippen LogP contribution in [0.15, 0.2) is 0 Å². The van der Waals surface area contributed by atoms with Crippen molar-refractivity contribution in [3.63, 3.8) is 0 Å². The number of hydrogen-bond donors (Lipinski definition) is 1. The zero-order chi connectivity index (χ0) is 13.8. The average Bonchev–Trinajstić information content (AvgIpc) is 2.68. The number of aromatic carboxylic acids is 1.